The second-order valence-corrected chi connectivity index (χ2v) is 29.1. The van der Waals surface area contributed by atoms with E-state index in [-0.39, 0.29) is 28.9 Å². The minimum atomic E-state index is -3.19. The van der Waals surface area contributed by atoms with Crippen molar-refractivity contribution >= 4 is 37.4 Å². The highest BCUT2D eigenvalue weighted by molar-refractivity contribution is 7.00. The summed E-state index contributed by atoms with van der Waals surface area (Å²) in [7, 11) is -4.66. The van der Waals surface area contributed by atoms with Gasteiger partial charge in [0.05, 0.1) is 38.1 Å². The van der Waals surface area contributed by atoms with Gasteiger partial charge < -0.3 is 37.3 Å². The van der Waals surface area contributed by atoms with E-state index < -0.39 is 59.0 Å². The Morgan fingerprint density at radius 1 is 0.667 bits per heavy atom. The molecule has 10 heteroatoms. The Kier molecular flexibility index (Phi) is 16.1. The van der Waals surface area contributed by atoms with Crippen molar-refractivity contribution in [1.82, 2.24) is 0 Å². The number of benzene rings is 5. The molecule has 3 aliphatic rings. The van der Waals surface area contributed by atoms with Crippen LogP contribution in [0.5, 0.6) is 0 Å². The Labute approximate surface area is 413 Å². The molecule has 0 aromatic heterocycles. The monoisotopic (exact) mass is 964 g/mol. The normalized spacial score (nSPS) is 25.1. The first-order valence-electron chi connectivity index (χ1n) is 24.6. The van der Waals surface area contributed by atoms with Crippen molar-refractivity contribution < 1.29 is 37.3 Å². The van der Waals surface area contributed by atoms with E-state index in [1.807, 2.05) is 30.4 Å². The van der Waals surface area contributed by atoms with Crippen LogP contribution in [0.2, 0.25) is 10.1 Å². The van der Waals surface area contributed by atoms with Crippen LogP contribution in [-0.4, -0.2) is 91.6 Å². The lowest BCUT2D eigenvalue weighted by atomic mass is 9.85. The Balaban J connectivity index is 1.24. The van der Waals surface area contributed by atoms with Gasteiger partial charge in [0, 0.05) is 13.5 Å². The van der Waals surface area contributed by atoms with Gasteiger partial charge in [-0.2, -0.15) is 0 Å². The minimum Gasteiger partial charge on any atom is -0.405 e. The first-order valence-corrected chi connectivity index (χ1v) is 28.4. The van der Waals surface area contributed by atoms with Crippen molar-refractivity contribution in [2.45, 2.75) is 126 Å². The first kappa shape index (κ1) is 50.8. The molecule has 0 saturated carbocycles. The van der Waals surface area contributed by atoms with Gasteiger partial charge in [0.25, 0.3) is 16.6 Å². The van der Waals surface area contributed by atoms with E-state index in [2.05, 4.69) is 194 Å². The minimum absolute atomic E-state index is 0.163. The predicted molar refractivity (Wildman–Crippen MR) is 282 cm³/mol. The number of hydrogen-bond donors (Lipinski definition) is 0. The zero-order chi connectivity index (χ0) is 48.7. The molecule has 8 nitrogen and oxygen atoms in total. The van der Waals surface area contributed by atoms with Gasteiger partial charge >= 0.3 is 0 Å². The molecular weight excluding hydrogens is 893 g/mol. The summed E-state index contributed by atoms with van der Waals surface area (Å²) in [5.41, 5.74) is 1.06. The van der Waals surface area contributed by atoms with Crippen molar-refractivity contribution in [3.05, 3.63) is 195 Å². The summed E-state index contributed by atoms with van der Waals surface area (Å²) < 4.78 is 57.5. The summed E-state index contributed by atoms with van der Waals surface area (Å²) in [5, 5.41) is 3.98. The Morgan fingerprint density at radius 2 is 1.17 bits per heavy atom. The second kappa shape index (κ2) is 21.8. The predicted octanol–water partition coefficient (Wildman–Crippen LogP) is 9.46. The summed E-state index contributed by atoms with van der Waals surface area (Å²) in [4.78, 5) is 0. The van der Waals surface area contributed by atoms with Crippen LogP contribution in [0.4, 0.5) is 0 Å². The fourth-order valence-corrected chi connectivity index (χ4v) is 20.2. The van der Waals surface area contributed by atoms with E-state index >= 15 is 0 Å². The number of ether oxygens (including phenoxy) is 6. The van der Waals surface area contributed by atoms with Gasteiger partial charge in [-0.25, -0.2) is 0 Å². The van der Waals surface area contributed by atoms with Crippen LogP contribution in [0, 0.1) is 0 Å². The van der Waals surface area contributed by atoms with E-state index in [0.717, 1.165) is 26.3 Å². The molecule has 5 aromatic carbocycles. The van der Waals surface area contributed by atoms with Crippen molar-refractivity contribution in [2.24, 2.45) is 0 Å². The van der Waals surface area contributed by atoms with Gasteiger partial charge in [-0.3, -0.25) is 0 Å². The summed E-state index contributed by atoms with van der Waals surface area (Å²) in [6.45, 7) is 23.6. The molecule has 2 saturated heterocycles. The highest BCUT2D eigenvalue weighted by Gasteiger charge is 2.59. The fourth-order valence-electron chi connectivity index (χ4n) is 11.0. The smallest absolute Gasteiger partial charge is 0.262 e. The van der Waals surface area contributed by atoms with Gasteiger partial charge in [-0.1, -0.05) is 218 Å². The summed E-state index contributed by atoms with van der Waals surface area (Å²) in [5.74, 6) is -1.42. The maximum absolute atomic E-state index is 7.96. The Morgan fingerprint density at radius 3 is 1.65 bits per heavy atom. The third-order valence-corrected chi connectivity index (χ3v) is 24.3. The van der Waals surface area contributed by atoms with Crippen molar-refractivity contribution in [2.75, 3.05) is 20.3 Å². The average Bonchev–Trinajstić information content (AvgIpc) is 3.61. The van der Waals surface area contributed by atoms with Crippen molar-refractivity contribution in [3.8, 4) is 0 Å². The number of fused-ring (bicyclic) bond motifs is 2. The highest BCUT2D eigenvalue weighted by Crippen LogP contribution is 2.45. The van der Waals surface area contributed by atoms with E-state index in [9.17, 15) is 0 Å². The lowest BCUT2D eigenvalue weighted by Gasteiger charge is -2.54. The van der Waals surface area contributed by atoms with Crippen LogP contribution in [0.3, 0.4) is 0 Å². The van der Waals surface area contributed by atoms with Crippen LogP contribution in [0.15, 0.2) is 189 Å². The fraction of sp³-hybridized carbons (Fsp3) is 0.390. The zero-order valence-corrected chi connectivity index (χ0v) is 43.6. The van der Waals surface area contributed by atoms with E-state index in [0.29, 0.717) is 26.1 Å². The molecule has 0 bridgehead atoms. The van der Waals surface area contributed by atoms with E-state index in [1.165, 1.54) is 0 Å². The Bertz CT molecular complexity index is 2350. The van der Waals surface area contributed by atoms with Gasteiger partial charge in [-0.05, 0) is 48.9 Å². The summed E-state index contributed by atoms with van der Waals surface area (Å²) >= 11 is 0. The topological polar surface area (TPSA) is 73.8 Å². The molecule has 9 atom stereocenters. The molecule has 0 radical (unpaired) electrons. The molecule has 8 rings (SSSR count). The summed E-state index contributed by atoms with van der Waals surface area (Å²) in [6, 6.07) is 52.9. The molecule has 3 aliphatic heterocycles. The van der Waals surface area contributed by atoms with Crippen molar-refractivity contribution in [1.29, 1.82) is 0 Å². The Hall–Kier alpha value is -4.57. The number of methoxy groups -OCH3 is 1. The van der Waals surface area contributed by atoms with Gasteiger partial charge in [0.1, 0.15) is 30.5 Å². The lowest BCUT2D eigenvalue weighted by molar-refractivity contribution is -0.367. The molecule has 2 fully saturated rings. The van der Waals surface area contributed by atoms with Crippen LogP contribution in [-0.2, 0) is 43.9 Å². The average molecular weight is 965 g/mol. The quantitative estimate of drug-likeness (QED) is 0.0636. The van der Waals surface area contributed by atoms with Crippen LogP contribution < -0.4 is 20.7 Å². The molecule has 0 spiro atoms. The van der Waals surface area contributed by atoms with Crippen molar-refractivity contribution in [3.63, 3.8) is 0 Å². The molecule has 5 aromatic rings. The number of hydrogen-bond acceptors (Lipinski definition) is 8. The van der Waals surface area contributed by atoms with Gasteiger partial charge in [-0.15, -0.1) is 6.58 Å². The molecule has 0 N–H and O–H groups in total. The molecule has 0 amide bonds. The highest BCUT2D eigenvalue weighted by atomic mass is 28.4. The van der Waals surface area contributed by atoms with E-state index in [4.69, 9.17) is 37.3 Å². The maximum Gasteiger partial charge on any atom is 0.262 e. The van der Waals surface area contributed by atoms with Gasteiger partial charge in [0.2, 0.25) is 5.79 Å². The molecule has 69 heavy (non-hydrogen) atoms. The molecule has 3 heterocycles. The second-order valence-electron chi connectivity index (χ2n) is 20.5. The van der Waals surface area contributed by atoms with Crippen LogP contribution in [0.25, 0.3) is 0 Å². The standard InChI is InChI=1S/C59H72O8Si2/c1-10-49(67-69(58(6,7)8,47-35-23-15-24-36-47)48-37-25-16-26-38-48)52(43-63-68(57(3,4)5,45-31-19-13-20-32-45)46-33-21-14-22-34-46)65-53-41-51-55(66-59(53,11-2)60-9)56(62-42-44-29-17-12-18-30-44)54-50(64-51)39-27-28-40-61-54/h10-38,49-56H,1-2,39-43H2,3-9H3/t49-,50-,51+,52+,53-,54-,55+,56+,59?/m0/s1. The first-order chi connectivity index (χ1) is 33.3. The summed E-state index contributed by atoms with van der Waals surface area (Å²) in [6.07, 6.45) is 4.64. The van der Waals surface area contributed by atoms with Gasteiger partial charge in [0.15, 0.2) is 0 Å². The SMILES string of the molecule is C=C[C@H](O[Si](c1ccccc1)(c1ccccc1)C(C)(C)C)[C@@H](CO[Si](c1ccccc1)(c1ccccc1)C(C)(C)C)O[C@H]1C[C@H]2O[C@H]3CC=CCO[C@@H]3[C@@H](OCc3ccccc3)[C@@H]2OC1(C=C)OC. The molecule has 0 aliphatic carbocycles. The molecule has 1 unspecified atom stereocenters. The number of rotatable bonds is 18. The van der Waals surface area contributed by atoms with Crippen LogP contribution >= 0.6 is 0 Å². The molecular formula is C59H72O8Si2. The zero-order valence-electron chi connectivity index (χ0n) is 41.6. The maximum atomic E-state index is 7.96. The van der Waals surface area contributed by atoms with E-state index in [1.54, 1.807) is 13.2 Å². The lowest BCUT2D eigenvalue weighted by Crippen LogP contribution is -2.70. The largest absolute Gasteiger partial charge is 0.405 e. The van der Waals surface area contributed by atoms with Crippen LogP contribution in [0.1, 0.15) is 59.9 Å². The third-order valence-electron chi connectivity index (χ3n) is 14.3. The third kappa shape index (κ3) is 10.3. The molecule has 364 valence electrons.